The lowest BCUT2D eigenvalue weighted by Crippen LogP contribution is -2.31. The summed E-state index contributed by atoms with van der Waals surface area (Å²) in [6, 6.07) is 5.59. The number of nitrogens with zero attached hydrogens (tertiary/aromatic N) is 3. The first-order valence-corrected chi connectivity index (χ1v) is 7.21. The fourth-order valence-electron chi connectivity index (χ4n) is 2.67. The van der Waals surface area contributed by atoms with Crippen LogP contribution in [0.3, 0.4) is 0 Å². The molecular weight excluding hydrogens is 336 g/mol. The number of fused-ring (bicyclic) bond motifs is 1. The van der Waals surface area contributed by atoms with E-state index in [-0.39, 0.29) is 6.54 Å². The number of hydrogen-bond acceptors (Lipinski definition) is 2. The molecule has 3 nitrogen and oxygen atoms in total. The van der Waals surface area contributed by atoms with Crippen LogP contribution in [0, 0.1) is 0 Å². The van der Waals surface area contributed by atoms with Crippen LogP contribution >= 0.6 is 0 Å². The van der Waals surface area contributed by atoms with E-state index in [0.717, 1.165) is 18.2 Å². The van der Waals surface area contributed by atoms with Crippen molar-refractivity contribution in [3.05, 3.63) is 47.2 Å². The van der Waals surface area contributed by atoms with Crippen LogP contribution in [0.1, 0.15) is 23.2 Å². The Hall–Kier alpha value is -2.19. The average Bonchev–Trinajstić information content (AvgIpc) is 2.92. The molecule has 0 N–H and O–H groups in total. The van der Waals surface area contributed by atoms with Crippen LogP contribution in [-0.2, 0) is 25.4 Å². The molecule has 0 bridgehead atoms. The third-order valence-corrected chi connectivity index (χ3v) is 3.83. The van der Waals surface area contributed by atoms with Crippen molar-refractivity contribution in [1.82, 2.24) is 9.78 Å². The van der Waals surface area contributed by atoms with Gasteiger partial charge >= 0.3 is 12.4 Å². The smallest absolute Gasteiger partial charge is 0.352 e. The average molecular weight is 349 g/mol. The van der Waals surface area contributed by atoms with E-state index >= 15 is 0 Å². The minimum atomic E-state index is -4.52. The van der Waals surface area contributed by atoms with Crippen LogP contribution in [0.5, 0.6) is 0 Å². The van der Waals surface area contributed by atoms with E-state index in [1.165, 1.54) is 16.8 Å². The Kier molecular flexibility index (Phi) is 3.97. The zero-order chi connectivity index (χ0) is 17.5. The maximum Gasteiger partial charge on any atom is 0.435 e. The highest BCUT2D eigenvalue weighted by molar-refractivity contribution is 5.44. The first-order valence-electron chi connectivity index (χ1n) is 7.21. The molecule has 2 aromatic rings. The van der Waals surface area contributed by atoms with Crippen molar-refractivity contribution < 1.29 is 26.3 Å². The topological polar surface area (TPSA) is 21.1 Å². The summed E-state index contributed by atoms with van der Waals surface area (Å²) in [7, 11) is 0. The van der Waals surface area contributed by atoms with E-state index in [0.29, 0.717) is 30.9 Å². The normalized spacial score (nSPS) is 15.5. The summed E-state index contributed by atoms with van der Waals surface area (Å²) < 4.78 is 77.3. The van der Waals surface area contributed by atoms with Crippen LogP contribution in [-0.4, -0.2) is 16.3 Å². The Balaban J connectivity index is 1.81. The number of rotatable bonds is 2. The molecule has 0 unspecified atom stereocenters. The van der Waals surface area contributed by atoms with Gasteiger partial charge in [-0.05, 0) is 24.1 Å². The van der Waals surface area contributed by atoms with Gasteiger partial charge in [-0.3, -0.25) is 0 Å². The van der Waals surface area contributed by atoms with E-state index in [1.807, 2.05) is 0 Å². The highest BCUT2D eigenvalue weighted by Crippen LogP contribution is 2.33. The number of alkyl halides is 6. The molecule has 0 saturated carbocycles. The van der Waals surface area contributed by atoms with Gasteiger partial charge in [0.25, 0.3) is 0 Å². The van der Waals surface area contributed by atoms with E-state index in [4.69, 9.17) is 0 Å². The molecule has 0 fully saturated rings. The first kappa shape index (κ1) is 16.7. The zero-order valence-corrected chi connectivity index (χ0v) is 12.3. The predicted molar refractivity (Wildman–Crippen MR) is 74.3 cm³/mol. The lowest BCUT2D eigenvalue weighted by Gasteiger charge is -2.29. The van der Waals surface area contributed by atoms with Crippen molar-refractivity contribution in [3.63, 3.8) is 0 Å². The van der Waals surface area contributed by atoms with Gasteiger partial charge in [0.15, 0.2) is 5.69 Å². The van der Waals surface area contributed by atoms with Gasteiger partial charge in [-0.1, -0.05) is 12.1 Å². The summed E-state index contributed by atoms with van der Waals surface area (Å²) in [6.07, 6.45) is -8.32. The fourth-order valence-corrected chi connectivity index (χ4v) is 2.67. The van der Waals surface area contributed by atoms with Gasteiger partial charge in [-0.25, -0.2) is 4.68 Å². The Bertz CT molecular complexity index is 714. The van der Waals surface area contributed by atoms with Gasteiger partial charge in [0.2, 0.25) is 0 Å². The number of anilines is 1. The highest BCUT2D eigenvalue weighted by Gasteiger charge is 2.36. The maximum absolute atomic E-state index is 12.8. The summed E-state index contributed by atoms with van der Waals surface area (Å²) >= 11 is 0. The number of hydrogen-bond donors (Lipinski definition) is 0. The molecule has 24 heavy (non-hydrogen) atoms. The van der Waals surface area contributed by atoms with Crippen molar-refractivity contribution in [2.24, 2.45) is 0 Å². The van der Waals surface area contributed by atoms with Crippen molar-refractivity contribution in [3.8, 4) is 0 Å². The molecule has 0 amide bonds. The summed E-state index contributed by atoms with van der Waals surface area (Å²) in [6.45, 7) is 1.13. The molecular formula is C15H13F6N3. The second kappa shape index (κ2) is 5.71. The van der Waals surface area contributed by atoms with Gasteiger partial charge in [0.05, 0.1) is 5.56 Å². The molecule has 9 heteroatoms. The van der Waals surface area contributed by atoms with E-state index in [1.54, 1.807) is 4.90 Å². The summed E-state index contributed by atoms with van der Waals surface area (Å²) in [5.74, 6) is 0.327. The van der Waals surface area contributed by atoms with E-state index in [9.17, 15) is 26.3 Å². The molecule has 130 valence electrons. The minimum Gasteiger partial charge on any atom is -0.352 e. The second-order valence-corrected chi connectivity index (χ2v) is 5.58. The Morgan fingerprint density at radius 3 is 2.17 bits per heavy atom. The standard InChI is InChI=1S/C15H13F6N3/c16-14(17,18)11-4-2-10(3-5-11)9-23-6-1-7-24-13(23)8-12(22-24)15(19,20)21/h2-5,8H,1,6-7,9H2. The van der Waals surface area contributed by atoms with Crippen LogP contribution in [0.2, 0.25) is 0 Å². The fraction of sp³-hybridized carbons (Fsp3) is 0.400. The van der Waals surface area contributed by atoms with Crippen molar-refractivity contribution >= 4 is 5.82 Å². The van der Waals surface area contributed by atoms with Crippen LogP contribution in [0.15, 0.2) is 30.3 Å². The van der Waals surface area contributed by atoms with Gasteiger partial charge < -0.3 is 4.90 Å². The van der Waals surface area contributed by atoms with Crippen molar-refractivity contribution in [2.75, 3.05) is 11.4 Å². The highest BCUT2D eigenvalue weighted by atomic mass is 19.4. The number of aromatic nitrogens is 2. The Morgan fingerprint density at radius 1 is 0.917 bits per heavy atom. The van der Waals surface area contributed by atoms with Gasteiger partial charge in [-0.2, -0.15) is 31.4 Å². The zero-order valence-electron chi connectivity index (χ0n) is 12.3. The second-order valence-electron chi connectivity index (χ2n) is 5.58. The molecule has 0 saturated heterocycles. The molecule has 0 radical (unpaired) electrons. The summed E-state index contributed by atoms with van der Waals surface area (Å²) in [5, 5.41) is 3.56. The molecule has 1 aromatic carbocycles. The molecule has 1 aromatic heterocycles. The molecule has 1 aliphatic heterocycles. The predicted octanol–water partition coefficient (Wildman–Crippen LogP) is 4.33. The number of benzene rings is 1. The monoisotopic (exact) mass is 349 g/mol. The number of halogens is 6. The summed E-state index contributed by atoms with van der Waals surface area (Å²) in [4.78, 5) is 1.69. The van der Waals surface area contributed by atoms with Crippen molar-refractivity contribution in [1.29, 1.82) is 0 Å². The van der Waals surface area contributed by atoms with Gasteiger partial charge in [-0.15, -0.1) is 0 Å². The molecule has 0 atom stereocenters. The van der Waals surface area contributed by atoms with E-state index < -0.39 is 23.6 Å². The van der Waals surface area contributed by atoms with Gasteiger partial charge in [0, 0.05) is 25.7 Å². The molecule has 0 aliphatic carbocycles. The van der Waals surface area contributed by atoms with Gasteiger partial charge in [0.1, 0.15) is 5.82 Å². The number of aryl methyl sites for hydroxylation is 1. The lowest BCUT2D eigenvalue weighted by atomic mass is 10.1. The first-order chi connectivity index (χ1) is 11.1. The Labute approximate surface area is 133 Å². The third kappa shape index (κ3) is 3.34. The summed E-state index contributed by atoms with van der Waals surface area (Å²) in [5.41, 5.74) is -1.13. The van der Waals surface area contributed by atoms with Crippen LogP contribution in [0.4, 0.5) is 32.2 Å². The molecule has 0 spiro atoms. The van der Waals surface area contributed by atoms with Crippen LogP contribution in [0.25, 0.3) is 0 Å². The van der Waals surface area contributed by atoms with Crippen molar-refractivity contribution in [2.45, 2.75) is 31.9 Å². The largest absolute Gasteiger partial charge is 0.435 e. The minimum absolute atomic E-state index is 0.223. The molecule has 2 heterocycles. The lowest BCUT2D eigenvalue weighted by molar-refractivity contribution is -0.141. The molecule has 3 rings (SSSR count). The SMILES string of the molecule is FC(F)(F)c1ccc(CN2CCCn3nc(C(F)(F)F)cc32)cc1. The Morgan fingerprint density at radius 2 is 1.58 bits per heavy atom. The molecule has 1 aliphatic rings. The van der Waals surface area contributed by atoms with Crippen LogP contribution < -0.4 is 4.90 Å². The third-order valence-electron chi connectivity index (χ3n) is 3.83. The quantitative estimate of drug-likeness (QED) is 0.753. The van der Waals surface area contributed by atoms with E-state index in [2.05, 4.69) is 5.10 Å². The maximum atomic E-state index is 12.8.